The number of anilines is 1. The fourth-order valence-electron chi connectivity index (χ4n) is 1.63. The molecule has 0 saturated heterocycles. The maximum absolute atomic E-state index is 13.4. The summed E-state index contributed by atoms with van der Waals surface area (Å²) in [7, 11) is 0. The molecule has 86 valence electrons. The fraction of sp³-hybridized carbons (Fsp3) is 0.417. The van der Waals surface area contributed by atoms with Crippen molar-refractivity contribution in [3.8, 4) is 6.07 Å². The molecule has 0 heterocycles. The summed E-state index contributed by atoms with van der Waals surface area (Å²) in [6.07, 6.45) is 0. The topological polar surface area (TPSA) is 47.3 Å². The van der Waals surface area contributed by atoms with Crippen LogP contribution in [0.3, 0.4) is 0 Å². The van der Waals surface area contributed by atoms with Crippen LogP contribution in [0.2, 0.25) is 0 Å². The third-order valence-electron chi connectivity index (χ3n) is 2.38. The van der Waals surface area contributed by atoms with Gasteiger partial charge in [-0.15, -0.1) is 0 Å². The number of aliphatic hydroxyl groups excluding tert-OH is 1. The van der Waals surface area contributed by atoms with Gasteiger partial charge in [-0.05, 0) is 26.0 Å². The molecule has 1 aromatic carbocycles. The number of nitriles is 1. The van der Waals surface area contributed by atoms with E-state index < -0.39 is 5.82 Å². The summed E-state index contributed by atoms with van der Waals surface area (Å²) >= 11 is 0. The highest BCUT2D eigenvalue weighted by Gasteiger charge is 2.16. The smallest absolute Gasteiger partial charge is 0.143 e. The van der Waals surface area contributed by atoms with Crippen LogP contribution in [0.25, 0.3) is 0 Å². The molecule has 1 aromatic rings. The molecule has 3 nitrogen and oxygen atoms in total. The fourth-order valence-corrected chi connectivity index (χ4v) is 1.63. The summed E-state index contributed by atoms with van der Waals surface area (Å²) in [6.45, 7) is 4.22. The first-order valence-electron chi connectivity index (χ1n) is 5.18. The van der Waals surface area contributed by atoms with Crippen molar-refractivity contribution < 1.29 is 9.50 Å². The molecule has 0 bridgehead atoms. The van der Waals surface area contributed by atoms with Crippen LogP contribution in [0.4, 0.5) is 10.1 Å². The maximum atomic E-state index is 13.4. The summed E-state index contributed by atoms with van der Waals surface area (Å²) < 4.78 is 13.4. The number of nitrogens with zero attached hydrogens (tertiary/aromatic N) is 2. The number of hydrogen-bond donors (Lipinski definition) is 1. The minimum atomic E-state index is -0.524. The molecule has 16 heavy (non-hydrogen) atoms. The van der Waals surface area contributed by atoms with Gasteiger partial charge in [0.25, 0.3) is 0 Å². The van der Waals surface area contributed by atoms with E-state index in [2.05, 4.69) is 0 Å². The molecule has 0 fully saturated rings. The summed E-state index contributed by atoms with van der Waals surface area (Å²) in [5, 5.41) is 17.9. The molecule has 0 aliphatic rings. The molecule has 0 atom stereocenters. The van der Waals surface area contributed by atoms with Crippen molar-refractivity contribution >= 4 is 5.69 Å². The Balaban J connectivity index is 3.19. The molecule has 4 heteroatoms. The summed E-state index contributed by atoms with van der Waals surface area (Å²) in [4.78, 5) is 1.81. The molecule has 0 saturated carbocycles. The number of hydrogen-bond acceptors (Lipinski definition) is 3. The Bertz CT molecular complexity index is 398. The lowest BCUT2D eigenvalue weighted by Gasteiger charge is -2.29. The van der Waals surface area contributed by atoms with Crippen molar-refractivity contribution in [2.45, 2.75) is 19.9 Å². The SMILES string of the molecule is CC(C)N(CCO)c1cccc(F)c1C#N. The summed E-state index contributed by atoms with van der Waals surface area (Å²) in [5.74, 6) is -0.524. The molecule has 1 N–H and O–H groups in total. The van der Waals surface area contributed by atoms with E-state index in [0.717, 1.165) is 0 Å². The highest BCUT2D eigenvalue weighted by atomic mass is 19.1. The van der Waals surface area contributed by atoms with E-state index in [1.807, 2.05) is 24.8 Å². The van der Waals surface area contributed by atoms with Gasteiger partial charge in [-0.2, -0.15) is 5.26 Å². The molecule has 0 aliphatic carbocycles. The molecule has 0 radical (unpaired) electrons. The van der Waals surface area contributed by atoms with Crippen LogP contribution in [-0.4, -0.2) is 24.3 Å². The second kappa shape index (κ2) is 5.47. The van der Waals surface area contributed by atoms with Crippen molar-refractivity contribution in [1.29, 1.82) is 5.26 Å². The van der Waals surface area contributed by atoms with Gasteiger partial charge in [0.15, 0.2) is 0 Å². The van der Waals surface area contributed by atoms with Gasteiger partial charge in [0.05, 0.1) is 12.3 Å². The lowest BCUT2D eigenvalue weighted by Crippen LogP contribution is -2.34. The normalized spacial score (nSPS) is 10.2. The van der Waals surface area contributed by atoms with Gasteiger partial charge in [0.1, 0.15) is 17.4 Å². The number of rotatable bonds is 4. The zero-order valence-electron chi connectivity index (χ0n) is 9.44. The molecule has 0 unspecified atom stereocenters. The largest absolute Gasteiger partial charge is 0.395 e. The van der Waals surface area contributed by atoms with Crippen molar-refractivity contribution in [1.82, 2.24) is 0 Å². The average molecular weight is 222 g/mol. The van der Waals surface area contributed by atoms with Crippen molar-refractivity contribution in [3.63, 3.8) is 0 Å². The molecule has 0 aromatic heterocycles. The number of aliphatic hydroxyl groups is 1. The molecule has 0 aliphatic heterocycles. The van der Waals surface area contributed by atoms with Gasteiger partial charge in [0.2, 0.25) is 0 Å². The summed E-state index contributed by atoms with van der Waals surface area (Å²) in [6, 6.07) is 6.48. The first kappa shape index (κ1) is 12.5. The third-order valence-corrected chi connectivity index (χ3v) is 2.38. The molecular formula is C12H15FN2O. The Hall–Kier alpha value is -1.60. The zero-order valence-corrected chi connectivity index (χ0v) is 9.44. The molecule has 0 spiro atoms. The Morgan fingerprint density at radius 1 is 1.50 bits per heavy atom. The second-order valence-electron chi connectivity index (χ2n) is 3.76. The van der Waals surface area contributed by atoms with Crippen molar-refractivity contribution in [2.75, 3.05) is 18.1 Å². The summed E-state index contributed by atoms with van der Waals surface area (Å²) in [5.41, 5.74) is 0.566. The van der Waals surface area contributed by atoms with Gasteiger partial charge in [-0.1, -0.05) is 6.07 Å². The Morgan fingerprint density at radius 2 is 2.19 bits per heavy atom. The minimum Gasteiger partial charge on any atom is -0.395 e. The van der Waals surface area contributed by atoms with Crippen LogP contribution in [-0.2, 0) is 0 Å². The Kier molecular flexibility index (Phi) is 4.27. The predicted octanol–water partition coefficient (Wildman–Crippen LogP) is 1.90. The van der Waals surface area contributed by atoms with E-state index in [-0.39, 0.29) is 18.2 Å². The monoisotopic (exact) mass is 222 g/mol. The molecule has 0 amide bonds. The van der Waals surface area contributed by atoms with Crippen LogP contribution >= 0.6 is 0 Å². The van der Waals surface area contributed by atoms with Crippen LogP contribution in [0, 0.1) is 17.1 Å². The van der Waals surface area contributed by atoms with E-state index in [1.54, 1.807) is 12.1 Å². The van der Waals surface area contributed by atoms with E-state index in [0.29, 0.717) is 12.2 Å². The van der Waals surface area contributed by atoms with Gasteiger partial charge in [-0.25, -0.2) is 4.39 Å². The molecular weight excluding hydrogens is 207 g/mol. The van der Waals surface area contributed by atoms with Gasteiger partial charge in [0, 0.05) is 12.6 Å². The van der Waals surface area contributed by atoms with E-state index in [1.165, 1.54) is 6.07 Å². The highest BCUT2D eigenvalue weighted by molar-refractivity contribution is 5.60. The second-order valence-corrected chi connectivity index (χ2v) is 3.76. The zero-order chi connectivity index (χ0) is 12.1. The predicted molar refractivity (Wildman–Crippen MR) is 60.7 cm³/mol. The minimum absolute atomic E-state index is 0.0282. The Labute approximate surface area is 94.7 Å². The average Bonchev–Trinajstić information content (AvgIpc) is 2.25. The first-order valence-corrected chi connectivity index (χ1v) is 5.18. The highest BCUT2D eigenvalue weighted by Crippen LogP contribution is 2.23. The van der Waals surface area contributed by atoms with Gasteiger partial charge >= 0.3 is 0 Å². The first-order chi connectivity index (χ1) is 7.61. The van der Waals surface area contributed by atoms with Crippen LogP contribution in [0.15, 0.2) is 18.2 Å². The lowest BCUT2D eigenvalue weighted by molar-refractivity contribution is 0.299. The van der Waals surface area contributed by atoms with E-state index in [4.69, 9.17) is 10.4 Å². The third kappa shape index (κ3) is 2.50. The van der Waals surface area contributed by atoms with Crippen molar-refractivity contribution in [3.05, 3.63) is 29.6 Å². The molecule has 1 rings (SSSR count). The number of halogens is 1. The lowest BCUT2D eigenvalue weighted by atomic mass is 10.1. The van der Waals surface area contributed by atoms with Crippen LogP contribution < -0.4 is 4.90 Å². The van der Waals surface area contributed by atoms with Crippen molar-refractivity contribution in [2.24, 2.45) is 0 Å². The van der Waals surface area contributed by atoms with Crippen LogP contribution in [0.5, 0.6) is 0 Å². The quantitative estimate of drug-likeness (QED) is 0.846. The number of benzene rings is 1. The van der Waals surface area contributed by atoms with Gasteiger partial charge < -0.3 is 10.0 Å². The van der Waals surface area contributed by atoms with Crippen LogP contribution in [0.1, 0.15) is 19.4 Å². The van der Waals surface area contributed by atoms with Gasteiger partial charge in [-0.3, -0.25) is 0 Å². The van der Waals surface area contributed by atoms with E-state index >= 15 is 0 Å². The maximum Gasteiger partial charge on any atom is 0.143 e. The standard InChI is InChI=1S/C12H15FN2O/c1-9(2)15(6-7-16)12-5-3-4-11(13)10(12)8-14/h3-5,9,16H,6-7H2,1-2H3. The Morgan fingerprint density at radius 3 is 2.69 bits per heavy atom. The van der Waals surface area contributed by atoms with E-state index in [9.17, 15) is 4.39 Å².